The molecule has 0 heterocycles. The number of carboxylic acid groups (broad SMARTS) is 1. The highest BCUT2D eigenvalue weighted by molar-refractivity contribution is 6.01. The van der Waals surface area contributed by atoms with Gasteiger partial charge in [0.15, 0.2) is 11.5 Å². The van der Waals surface area contributed by atoms with Gasteiger partial charge in [-0.3, -0.25) is 0 Å². The van der Waals surface area contributed by atoms with Crippen molar-refractivity contribution >= 4 is 23.4 Å². The molecule has 0 spiro atoms. The van der Waals surface area contributed by atoms with Crippen molar-refractivity contribution in [2.75, 3.05) is 24.9 Å². The molecule has 0 radical (unpaired) electrons. The van der Waals surface area contributed by atoms with Gasteiger partial charge >= 0.3 is 18.2 Å². The summed E-state index contributed by atoms with van der Waals surface area (Å²) in [5.74, 6) is -1.35. The van der Waals surface area contributed by atoms with Crippen LogP contribution >= 0.6 is 0 Å². The van der Waals surface area contributed by atoms with Crippen LogP contribution in [0.3, 0.4) is 0 Å². The first kappa shape index (κ1) is 29.7. The second kappa shape index (κ2) is 12.5. The second-order valence-electron chi connectivity index (χ2n) is 8.84. The van der Waals surface area contributed by atoms with Crippen molar-refractivity contribution < 1.29 is 46.5 Å². The Morgan fingerprint density at radius 1 is 0.762 bits per heavy atom. The number of hydrogen-bond acceptors (Lipinski definition) is 5. The van der Waals surface area contributed by atoms with E-state index in [1.54, 1.807) is 12.1 Å². The molecule has 0 aliphatic heterocycles. The van der Waals surface area contributed by atoms with E-state index in [0.717, 1.165) is 24.3 Å². The van der Waals surface area contributed by atoms with Gasteiger partial charge in [0, 0.05) is 17.4 Å². The van der Waals surface area contributed by atoms with E-state index in [-0.39, 0.29) is 28.1 Å². The maximum absolute atomic E-state index is 14.1. The molecule has 42 heavy (non-hydrogen) atoms. The predicted octanol–water partition coefficient (Wildman–Crippen LogP) is 7.37. The average molecular weight is 585 g/mol. The molecule has 0 saturated carbocycles. The van der Waals surface area contributed by atoms with Crippen molar-refractivity contribution in [1.29, 1.82) is 0 Å². The molecule has 0 bridgehead atoms. The lowest BCUT2D eigenvalue weighted by Crippen LogP contribution is -2.20. The molecule has 4 aromatic rings. The van der Waals surface area contributed by atoms with E-state index in [0.29, 0.717) is 17.2 Å². The minimum absolute atomic E-state index is 0.106. The third-order valence-corrected chi connectivity index (χ3v) is 6.05. The van der Waals surface area contributed by atoms with Gasteiger partial charge in [0.1, 0.15) is 23.2 Å². The minimum Gasteiger partial charge on any atom is -0.493 e. The van der Waals surface area contributed by atoms with E-state index in [1.165, 1.54) is 62.8 Å². The summed E-state index contributed by atoms with van der Waals surface area (Å²) in [6.07, 6.45) is -5.73. The number of methoxy groups -OCH3 is 2. The largest absolute Gasteiger partial charge is 0.493 e. The third-order valence-electron chi connectivity index (χ3n) is 6.05. The molecule has 0 fully saturated rings. The Labute approximate surface area is 237 Å². The molecular weight excluding hydrogens is 560 g/mol. The van der Waals surface area contributed by atoms with E-state index < -0.39 is 35.7 Å². The van der Waals surface area contributed by atoms with Crippen molar-refractivity contribution in [1.82, 2.24) is 0 Å². The predicted molar refractivity (Wildman–Crippen MR) is 146 cm³/mol. The first-order valence-electron chi connectivity index (χ1n) is 12.2. The number of alkyl halides is 3. The molecule has 0 saturated heterocycles. The summed E-state index contributed by atoms with van der Waals surface area (Å²) in [6.45, 7) is 0. The number of halogens is 4. The zero-order valence-electron chi connectivity index (χ0n) is 22.2. The monoisotopic (exact) mass is 584 g/mol. The van der Waals surface area contributed by atoms with Crippen LogP contribution in [0.5, 0.6) is 17.2 Å². The lowest BCUT2D eigenvalue weighted by Gasteiger charge is -2.22. The Hall–Kier alpha value is -5.26. The second-order valence-corrected chi connectivity index (χ2v) is 8.84. The molecule has 2 amide bonds. The number of carboxylic acids is 1. The van der Waals surface area contributed by atoms with Gasteiger partial charge in [0.05, 0.1) is 19.8 Å². The molecule has 12 heteroatoms. The quantitative estimate of drug-likeness (QED) is 0.177. The molecule has 0 aliphatic carbocycles. The fraction of sp³-hybridized carbons (Fsp3) is 0.133. The van der Waals surface area contributed by atoms with Gasteiger partial charge in [-0.1, -0.05) is 24.3 Å². The van der Waals surface area contributed by atoms with Crippen molar-refractivity contribution in [2.45, 2.75) is 12.3 Å². The SMILES string of the molecule is COc1ccc(NC(=O)Nc2ccc(OC(c3ccc(C(F)(F)F)cc3)c3cccc(F)c3)c(C(=O)O)c2)cc1OC. The van der Waals surface area contributed by atoms with Gasteiger partial charge in [0.25, 0.3) is 0 Å². The lowest BCUT2D eigenvalue weighted by atomic mass is 9.99. The number of benzene rings is 4. The molecule has 0 aliphatic rings. The number of urea groups is 1. The number of carbonyl (C=O) groups is 2. The van der Waals surface area contributed by atoms with Crippen LogP contribution in [0.4, 0.5) is 33.7 Å². The summed E-state index contributed by atoms with van der Waals surface area (Å²) in [4.78, 5) is 24.7. The molecule has 3 N–H and O–H groups in total. The van der Waals surface area contributed by atoms with Crippen LogP contribution < -0.4 is 24.8 Å². The zero-order valence-corrected chi connectivity index (χ0v) is 22.2. The maximum atomic E-state index is 14.1. The number of rotatable bonds is 9. The van der Waals surface area contributed by atoms with Crippen LogP contribution in [0.15, 0.2) is 84.9 Å². The molecule has 0 aromatic heterocycles. The van der Waals surface area contributed by atoms with Crippen LogP contribution in [0.25, 0.3) is 0 Å². The van der Waals surface area contributed by atoms with E-state index >= 15 is 0 Å². The number of hydrogen-bond donors (Lipinski definition) is 3. The zero-order chi connectivity index (χ0) is 30.4. The highest BCUT2D eigenvalue weighted by Crippen LogP contribution is 2.35. The van der Waals surface area contributed by atoms with Crippen LogP contribution in [0.2, 0.25) is 0 Å². The van der Waals surface area contributed by atoms with Crippen LogP contribution in [-0.2, 0) is 6.18 Å². The van der Waals surface area contributed by atoms with Crippen LogP contribution in [0, 0.1) is 5.82 Å². The van der Waals surface area contributed by atoms with Gasteiger partial charge in [-0.25, -0.2) is 14.0 Å². The number of amides is 2. The van der Waals surface area contributed by atoms with Crippen molar-refractivity contribution in [3.63, 3.8) is 0 Å². The first-order chi connectivity index (χ1) is 20.0. The molecule has 8 nitrogen and oxygen atoms in total. The van der Waals surface area contributed by atoms with Crippen molar-refractivity contribution in [2.24, 2.45) is 0 Å². The summed E-state index contributed by atoms with van der Waals surface area (Å²) in [6, 6.07) is 17.1. The van der Waals surface area contributed by atoms with E-state index in [9.17, 15) is 32.3 Å². The molecular formula is C30H24F4N2O6. The van der Waals surface area contributed by atoms with Gasteiger partial charge in [-0.2, -0.15) is 13.2 Å². The number of nitrogens with one attached hydrogen (secondary N) is 2. The normalized spacial score (nSPS) is 11.8. The molecule has 1 unspecified atom stereocenters. The fourth-order valence-corrected chi connectivity index (χ4v) is 4.06. The summed E-state index contributed by atoms with van der Waals surface area (Å²) in [7, 11) is 2.91. The maximum Gasteiger partial charge on any atom is 0.416 e. The smallest absolute Gasteiger partial charge is 0.416 e. The molecule has 218 valence electrons. The van der Waals surface area contributed by atoms with Gasteiger partial charge in [0.2, 0.25) is 0 Å². The standard InChI is InChI=1S/C30H24F4N2O6/c1-40-25-13-11-22(16-26(25)41-2)36-29(39)35-21-10-12-24(23(15-21)28(37)38)42-27(18-4-3-5-20(31)14-18)17-6-8-19(9-7-17)30(32,33)34/h3-16,27H,1-2H3,(H,37,38)(H2,35,36,39). The Morgan fingerprint density at radius 3 is 1.95 bits per heavy atom. The van der Waals surface area contributed by atoms with E-state index in [1.807, 2.05) is 0 Å². The molecule has 1 atom stereocenters. The first-order valence-corrected chi connectivity index (χ1v) is 12.2. The number of aromatic carboxylic acids is 1. The third kappa shape index (κ3) is 7.08. The number of anilines is 2. The Kier molecular flexibility index (Phi) is 8.84. The van der Waals surface area contributed by atoms with Crippen LogP contribution in [0.1, 0.15) is 33.2 Å². The topological polar surface area (TPSA) is 106 Å². The highest BCUT2D eigenvalue weighted by Gasteiger charge is 2.31. The minimum atomic E-state index is -4.57. The van der Waals surface area contributed by atoms with Gasteiger partial charge in [-0.15, -0.1) is 0 Å². The lowest BCUT2D eigenvalue weighted by molar-refractivity contribution is -0.137. The summed E-state index contributed by atoms with van der Waals surface area (Å²) in [5, 5.41) is 15.0. The summed E-state index contributed by atoms with van der Waals surface area (Å²) >= 11 is 0. The van der Waals surface area contributed by atoms with Gasteiger partial charge < -0.3 is 30.0 Å². The highest BCUT2D eigenvalue weighted by atomic mass is 19.4. The average Bonchev–Trinajstić information content (AvgIpc) is 2.95. The number of ether oxygens (including phenoxy) is 3. The molecule has 4 aromatic carbocycles. The Morgan fingerprint density at radius 2 is 1.38 bits per heavy atom. The van der Waals surface area contributed by atoms with Gasteiger partial charge in [-0.05, 0) is 65.7 Å². The van der Waals surface area contributed by atoms with Crippen molar-refractivity contribution in [3.05, 3.63) is 113 Å². The number of carbonyl (C=O) groups excluding carboxylic acids is 1. The van der Waals surface area contributed by atoms with E-state index in [2.05, 4.69) is 10.6 Å². The van der Waals surface area contributed by atoms with Crippen molar-refractivity contribution in [3.8, 4) is 17.2 Å². The molecule has 4 rings (SSSR count). The summed E-state index contributed by atoms with van der Waals surface area (Å²) in [5.41, 5.74) is -0.305. The van der Waals surface area contributed by atoms with Crippen LogP contribution in [-0.4, -0.2) is 31.3 Å². The Balaban J connectivity index is 1.60. The fourth-order valence-electron chi connectivity index (χ4n) is 4.06. The van der Waals surface area contributed by atoms with E-state index in [4.69, 9.17) is 14.2 Å². The summed E-state index contributed by atoms with van der Waals surface area (Å²) < 4.78 is 69.7. The Bertz CT molecular complexity index is 1590.